The highest BCUT2D eigenvalue weighted by Crippen LogP contribution is 2.48. The largest absolute Gasteiger partial charge is 0.329 e. The number of aromatic nitrogens is 2. The van der Waals surface area contributed by atoms with E-state index in [9.17, 15) is 4.79 Å². The molecule has 1 atom stereocenters. The van der Waals surface area contributed by atoms with Crippen LogP contribution >= 0.6 is 11.3 Å². The fourth-order valence-corrected chi connectivity index (χ4v) is 3.91. The molecule has 0 aromatic carbocycles. The molecule has 4 nitrogen and oxygen atoms in total. The molecule has 2 aromatic heterocycles. The molecule has 5 heteroatoms. The first-order valence-electron chi connectivity index (χ1n) is 6.70. The van der Waals surface area contributed by atoms with Gasteiger partial charge in [0, 0.05) is 23.8 Å². The van der Waals surface area contributed by atoms with Crippen molar-refractivity contribution in [1.82, 2.24) is 14.5 Å². The number of hydrogen-bond donors (Lipinski definition) is 0. The van der Waals surface area contributed by atoms with Gasteiger partial charge in [-0.1, -0.05) is 0 Å². The van der Waals surface area contributed by atoms with Crippen molar-refractivity contribution >= 4 is 17.4 Å². The van der Waals surface area contributed by atoms with Gasteiger partial charge < -0.3 is 4.90 Å². The summed E-state index contributed by atoms with van der Waals surface area (Å²) in [5.41, 5.74) is 1.38. The normalized spacial score (nSPS) is 22.3. The minimum Gasteiger partial charge on any atom is -0.316 e. The monoisotopic (exact) mass is 273 g/mol. The molecule has 1 saturated carbocycles. The van der Waals surface area contributed by atoms with Crippen LogP contribution in [-0.4, -0.2) is 27.0 Å². The van der Waals surface area contributed by atoms with Gasteiger partial charge in [-0.25, -0.2) is 9.78 Å². The molecule has 0 spiro atoms. The van der Waals surface area contributed by atoms with Crippen LogP contribution in [0.3, 0.4) is 0 Å². The zero-order chi connectivity index (χ0) is 12.8. The highest BCUT2D eigenvalue weighted by molar-refractivity contribution is 7.10. The number of hydrogen-bond acceptors (Lipinski definition) is 3. The Kier molecular flexibility index (Phi) is 2.48. The van der Waals surface area contributed by atoms with Crippen LogP contribution in [0.15, 0.2) is 30.2 Å². The third kappa shape index (κ3) is 1.80. The van der Waals surface area contributed by atoms with Crippen LogP contribution in [0.5, 0.6) is 0 Å². The van der Waals surface area contributed by atoms with Gasteiger partial charge in [-0.2, -0.15) is 0 Å². The van der Waals surface area contributed by atoms with Gasteiger partial charge in [0.1, 0.15) is 6.33 Å². The van der Waals surface area contributed by atoms with Crippen LogP contribution < -0.4 is 0 Å². The molecule has 0 N–H and O–H groups in total. The van der Waals surface area contributed by atoms with Gasteiger partial charge in [-0.15, -0.1) is 11.3 Å². The van der Waals surface area contributed by atoms with Crippen LogP contribution in [0.2, 0.25) is 0 Å². The lowest BCUT2D eigenvalue weighted by atomic mass is 9.96. The van der Waals surface area contributed by atoms with Crippen LogP contribution in [0.4, 0.5) is 4.79 Å². The number of carbonyl (C=O) groups is 1. The molecule has 1 aliphatic heterocycles. The average molecular weight is 273 g/mol. The zero-order valence-corrected chi connectivity index (χ0v) is 11.3. The Morgan fingerprint density at radius 2 is 2.32 bits per heavy atom. The predicted molar refractivity (Wildman–Crippen MR) is 73.2 cm³/mol. The van der Waals surface area contributed by atoms with Crippen molar-refractivity contribution in [3.63, 3.8) is 0 Å². The maximum Gasteiger partial charge on any atom is 0.329 e. The Bertz CT molecular complexity index is 600. The molecule has 4 rings (SSSR count). The van der Waals surface area contributed by atoms with E-state index in [4.69, 9.17) is 0 Å². The fraction of sp³-hybridized carbons (Fsp3) is 0.429. The Labute approximate surface area is 115 Å². The molecule has 2 aliphatic rings. The Morgan fingerprint density at radius 3 is 3.05 bits per heavy atom. The summed E-state index contributed by atoms with van der Waals surface area (Å²) in [4.78, 5) is 20.1. The van der Waals surface area contributed by atoms with E-state index < -0.39 is 0 Å². The van der Waals surface area contributed by atoms with Gasteiger partial charge in [0.15, 0.2) is 0 Å². The molecule has 1 fully saturated rings. The predicted octanol–water partition coefficient (Wildman–Crippen LogP) is 2.92. The van der Waals surface area contributed by atoms with Gasteiger partial charge in [0.05, 0.1) is 6.04 Å². The molecule has 1 amide bonds. The number of fused-ring (bicyclic) bond motifs is 1. The van der Waals surface area contributed by atoms with E-state index >= 15 is 0 Å². The molecule has 1 aliphatic carbocycles. The fourth-order valence-electron chi connectivity index (χ4n) is 3.00. The molecular formula is C14H15N3OS. The third-order valence-electron chi connectivity index (χ3n) is 4.05. The molecule has 1 unspecified atom stereocenters. The first-order valence-corrected chi connectivity index (χ1v) is 7.58. The van der Waals surface area contributed by atoms with Crippen LogP contribution in [0, 0.1) is 5.92 Å². The smallest absolute Gasteiger partial charge is 0.316 e. The van der Waals surface area contributed by atoms with E-state index in [1.54, 1.807) is 23.3 Å². The van der Waals surface area contributed by atoms with E-state index in [1.807, 2.05) is 16.2 Å². The summed E-state index contributed by atoms with van der Waals surface area (Å²) in [6.07, 6.45) is 8.45. The van der Waals surface area contributed by atoms with Gasteiger partial charge in [-0.05, 0) is 42.2 Å². The lowest BCUT2D eigenvalue weighted by molar-refractivity contribution is 0.162. The van der Waals surface area contributed by atoms with Crippen LogP contribution in [0.25, 0.3) is 0 Å². The quantitative estimate of drug-likeness (QED) is 0.801. The number of nitrogens with zero attached hydrogens (tertiary/aromatic N) is 3. The highest BCUT2D eigenvalue weighted by Gasteiger charge is 2.42. The number of thiophene rings is 1. The van der Waals surface area contributed by atoms with E-state index in [-0.39, 0.29) is 12.1 Å². The standard InChI is InChI=1S/C14H15N3OS/c18-14(16-7-5-15-9-16)17-6-3-12-11(4-8-19-12)13(17)10-1-2-10/h4-5,7-10,13H,1-3,6H2. The minimum absolute atomic E-state index is 0.0613. The summed E-state index contributed by atoms with van der Waals surface area (Å²) in [7, 11) is 0. The summed E-state index contributed by atoms with van der Waals surface area (Å²) in [5.74, 6) is 0.654. The Hall–Kier alpha value is -1.62. The van der Waals surface area contributed by atoms with E-state index in [0.29, 0.717) is 5.92 Å². The second kappa shape index (κ2) is 4.20. The highest BCUT2D eigenvalue weighted by atomic mass is 32.1. The minimum atomic E-state index is 0.0613. The van der Waals surface area contributed by atoms with Crippen molar-refractivity contribution in [3.05, 3.63) is 40.6 Å². The summed E-state index contributed by atoms with van der Waals surface area (Å²) in [6.45, 7) is 0.825. The molecule has 0 radical (unpaired) electrons. The summed E-state index contributed by atoms with van der Waals surface area (Å²) >= 11 is 1.83. The Morgan fingerprint density at radius 1 is 1.42 bits per heavy atom. The average Bonchev–Trinajstić information content (AvgIpc) is 2.95. The van der Waals surface area contributed by atoms with Crippen molar-refractivity contribution in [1.29, 1.82) is 0 Å². The van der Waals surface area contributed by atoms with Crippen molar-refractivity contribution in [3.8, 4) is 0 Å². The summed E-state index contributed by atoms with van der Waals surface area (Å²) < 4.78 is 1.59. The van der Waals surface area contributed by atoms with E-state index in [1.165, 1.54) is 23.3 Å². The van der Waals surface area contributed by atoms with Crippen molar-refractivity contribution in [2.75, 3.05) is 6.54 Å². The Balaban J connectivity index is 1.70. The second-order valence-electron chi connectivity index (χ2n) is 5.28. The van der Waals surface area contributed by atoms with Crippen molar-refractivity contribution in [2.45, 2.75) is 25.3 Å². The maximum absolute atomic E-state index is 12.6. The SMILES string of the molecule is O=C(N1CCc2sccc2C1C1CC1)n1ccnc1. The molecule has 2 aromatic rings. The third-order valence-corrected chi connectivity index (χ3v) is 5.05. The van der Waals surface area contributed by atoms with E-state index in [2.05, 4.69) is 16.4 Å². The zero-order valence-electron chi connectivity index (χ0n) is 10.5. The lowest BCUT2D eigenvalue weighted by Crippen LogP contribution is -2.42. The van der Waals surface area contributed by atoms with Crippen LogP contribution in [0.1, 0.15) is 29.3 Å². The van der Waals surface area contributed by atoms with Crippen LogP contribution in [-0.2, 0) is 6.42 Å². The summed E-state index contributed by atoms with van der Waals surface area (Å²) in [5, 5.41) is 2.16. The summed E-state index contributed by atoms with van der Waals surface area (Å²) in [6, 6.07) is 2.55. The number of imidazole rings is 1. The first kappa shape index (κ1) is 11.2. The van der Waals surface area contributed by atoms with Crippen molar-refractivity contribution < 1.29 is 4.79 Å². The molecule has 0 saturated heterocycles. The molecular weight excluding hydrogens is 258 g/mol. The number of rotatable bonds is 1. The number of carbonyl (C=O) groups excluding carboxylic acids is 1. The van der Waals surface area contributed by atoms with Crippen molar-refractivity contribution in [2.24, 2.45) is 5.92 Å². The topological polar surface area (TPSA) is 38.1 Å². The maximum atomic E-state index is 12.6. The molecule has 3 heterocycles. The van der Waals surface area contributed by atoms with E-state index in [0.717, 1.165) is 13.0 Å². The number of amides is 1. The molecule has 19 heavy (non-hydrogen) atoms. The first-order chi connectivity index (χ1) is 9.34. The van der Waals surface area contributed by atoms with Gasteiger partial charge in [0.2, 0.25) is 0 Å². The molecule has 0 bridgehead atoms. The lowest BCUT2D eigenvalue weighted by Gasteiger charge is -2.36. The van der Waals surface area contributed by atoms with Gasteiger partial charge in [-0.3, -0.25) is 4.57 Å². The second-order valence-corrected chi connectivity index (χ2v) is 6.28. The van der Waals surface area contributed by atoms with Gasteiger partial charge >= 0.3 is 6.03 Å². The van der Waals surface area contributed by atoms with Gasteiger partial charge in [0.25, 0.3) is 0 Å². The molecule has 98 valence electrons.